The molecule has 16 heavy (non-hydrogen) atoms. The SMILES string of the molecule is C=CCCCC1CC(C(C)C)CCC1CN. The van der Waals surface area contributed by atoms with Gasteiger partial charge in [-0.2, -0.15) is 0 Å². The maximum atomic E-state index is 5.90. The summed E-state index contributed by atoms with van der Waals surface area (Å²) in [6.45, 7) is 9.43. The van der Waals surface area contributed by atoms with Crippen LogP contribution in [0.5, 0.6) is 0 Å². The molecule has 0 heterocycles. The maximum absolute atomic E-state index is 5.90. The summed E-state index contributed by atoms with van der Waals surface area (Å²) in [5.74, 6) is 3.46. The molecule has 1 saturated carbocycles. The molecular weight excluding hydrogens is 194 g/mol. The maximum Gasteiger partial charge on any atom is -0.00462 e. The van der Waals surface area contributed by atoms with Crippen LogP contribution < -0.4 is 5.73 Å². The minimum Gasteiger partial charge on any atom is -0.330 e. The van der Waals surface area contributed by atoms with Crippen molar-refractivity contribution >= 4 is 0 Å². The van der Waals surface area contributed by atoms with Crippen LogP contribution >= 0.6 is 0 Å². The quantitative estimate of drug-likeness (QED) is 0.535. The molecule has 0 spiro atoms. The summed E-state index contributed by atoms with van der Waals surface area (Å²) in [5, 5.41) is 0. The van der Waals surface area contributed by atoms with E-state index >= 15 is 0 Å². The first kappa shape index (κ1) is 13.8. The van der Waals surface area contributed by atoms with Crippen LogP contribution in [0.3, 0.4) is 0 Å². The van der Waals surface area contributed by atoms with E-state index in [2.05, 4.69) is 20.4 Å². The molecule has 1 rings (SSSR count). The van der Waals surface area contributed by atoms with E-state index in [-0.39, 0.29) is 0 Å². The Morgan fingerprint density at radius 2 is 2.06 bits per heavy atom. The molecule has 0 aromatic rings. The third-order valence-electron chi connectivity index (χ3n) is 4.41. The fourth-order valence-electron chi connectivity index (χ4n) is 3.16. The van der Waals surface area contributed by atoms with Crippen LogP contribution in [0, 0.1) is 23.7 Å². The molecule has 2 N–H and O–H groups in total. The van der Waals surface area contributed by atoms with Crippen LogP contribution in [-0.2, 0) is 0 Å². The van der Waals surface area contributed by atoms with Crippen molar-refractivity contribution in [3.05, 3.63) is 12.7 Å². The highest BCUT2D eigenvalue weighted by Crippen LogP contribution is 2.39. The van der Waals surface area contributed by atoms with Crippen LogP contribution in [-0.4, -0.2) is 6.54 Å². The van der Waals surface area contributed by atoms with E-state index in [0.29, 0.717) is 0 Å². The van der Waals surface area contributed by atoms with Crippen molar-refractivity contribution in [1.29, 1.82) is 0 Å². The van der Waals surface area contributed by atoms with Gasteiger partial charge in [-0.25, -0.2) is 0 Å². The number of hydrogen-bond acceptors (Lipinski definition) is 1. The lowest BCUT2D eigenvalue weighted by Crippen LogP contribution is -2.32. The molecule has 0 saturated heterocycles. The van der Waals surface area contributed by atoms with Crippen molar-refractivity contribution in [2.24, 2.45) is 29.4 Å². The van der Waals surface area contributed by atoms with E-state index in [1.54, 1.807) is 0 Å². The summed E-state index contributed by atoms with van der Waals surface area (Å²) >= 11 is 0. The van der Waals surface area contributed by atoms with Crippen LogP contribution in [0.25, 0.3) is 0 Å². The van der Waals surface area contributed by atoms with Gasteiger partial charge in [0, 0.05) is 0 Å². The monoisotopic (exact) mass is 223 g/mol. The smallest absolute Gasteiger partial charge is 0.00462 e. The van der Waals surface area contributed by atoms with Crippen molar-refractivity contribution in [2.75, 3.05) is 6.54 Å². The molecule has 0 radical (unpaired) electrons. The topological polar surface area (TPSA) is 26.0 Å². The number of nitrogens with two attached hydrogens (primary N) is 1. The number of hydrogen-bond donors (Lipinski definition) is 1. The second kappa shape index (κ2) is 7.11. The fraction of sp³-hybridized carbons (Fsp3) is 0.867. The second-order valence-electron chi connectivity index (χ2n) is 5.79. The van der Waals surface area contributed by atoms with Gasteiger partial charge >= 0.3 is 0 Å². The molecule has 0 aromatic heterocycles. The lowest BCUT2D eigenvalue weighted by Gasteiger charge is -2.37. The average molecular weight is 223 g/mol. The van der Waals surface area contributed by atoms with Crippen LogP contribution in [0.2, 0.25) is 0 Å². The second-order valence-corrected chi connectivity index (χ2v) is 5.79. The minimum atomic E-state index is 0.791. The largest absolute Gasteiger partial charge is 0.330 e. The molecule has 0 amide bonds. The first-order valence-corrected chi connectivity index (χ1v) is 7.00. The zero-order valence-electron chi connectivity index (χ0n) is 11.1. The summed E-state index contributed by atoms with van der Waals surface area (Å²) < 4.78 is 0. The molecule has 1 aliphatic rings. The zero-order chi connectivity index (χ0) is 12.0. The van der Waals surface area contributed by atoms with Gasteiger partial charge in [-0.15, -0.1) is 6.58 Å². The molecular formula is C15H29N. The lowest BCUT2D eigenvalue weighted by molar-refractivity contribution is 0.142. The van der Waals surface area contributed by atoms with Gasteiger partial charge in [-0.1, -0.05) is 19.9 Å². The Bertz CT molecular complexity index is 198. The Morgan fingerprint density at radius 3 is 2.62 bits per heavy atom. The molecule has 0 aromatic carbocycles. The standard InChI is InChI=1S/C15H29N/c1-4-5-6-7-14-10-13(12(2)3)8-9-15(14)11-16/h4,12-15H,1,5-11,16H2,2-3H3. The van der Waals surface area contributed by atoms with E-state index in [4.69, 9.17) is 5.73 Å². The molecule has 0 aliphatic heterocycles. The van der Waals surface area contributed by atoms with E-state index in [0.717, 1.165) is 30.2 Å². The summed E-state index contributed by atoms with van der Waals surface area (Å²) in [7, 11) is 0. The lowest BCUT2D eigenvalue weighted by atomic mass is 9.69. The molecule has 3 unspecified atom stereocenters. The van der Waals surface area contributed by atoms with Crippen molar-refractivity contribution in [2.45, 2.75) is 52.4 Å². The average Bonchev–Trinajstić information content (AvgIpc) is 2.29. The third-order valence-corrected chi connectivity index (χ3v) is 4.41. The third kappa shape index (κ3) is 3.93. The predicted octanol–water partition coefficient (Wildman–Crippen LogP) is 3.99. The van der Waals surface area contributed by atoms with Crippen molar-refractivity contribution < 1.29 is 0 Å². The fourth-order valence-corrected chi connectivity index (χ4v) is 3.16. The molecule has 0 bridgehead atoms. The summed E-state index contributed by atoms with van der Waals surface area (Å²) in [4.78, 5) is 0. The van der Waals surface area contributed by atoms with Crippen LogP contribution in [0.15, 0.2) is 12.7 Å². The highest BCUT2D eigenvalue weighted by atomic mass is 14.6. The summed E-state index contributed by atoms with van der Waals surface area (Å²) in [5.41, 5.74) is 5.90. The Labute approximate surface area is 101 Å². The molecule has 1 aliphatic carbocycles. The molecule has 3 atom stereocenters. The normalized spacial score (nSPS) is 30.6. The molecule has 1 heteroatoms. The van der Waals surface area contributed by atoms with E-state index in [1.807, 2.05) is 6.08 Å². The van der Waals surface area contributed by atoms with Crippen molar-refractivity contribution in [1.82, 2.24) is 0 Å². The van der Waals surface area contributed by atoms with Gasteiger partial charge in [-0.05, 0) is 68.7 Å². The predicted molar refractivity (Wildman–Crippen MR) is 72.3 cm³/mol. The minimum absolute atomic E-state index is 0.791. The highest BCUT2D eigenvalue weighted by Gasteiger charge is 2.30. The molecule has 1 nitrogen and oxygen atoms in total. The van der Waals surface area contributed by atoms with Crippen molar-refractivity contribution in [3.63, 3.8) is 0 Å². The van der Waals surface area contributed by atoms with Gasteiger partial charge in [0.1, 0.15) is 0 Å². The van der Waals surface area contributed by atoms with Crippen LogP contribution in [0.4, 0.5) is 0 Å². The van der Waals surface area contributed by atoms with Gasteiger partial charge in [0.15, 0.2) is 0 Å². The summed E-state index contributed by atoms with van der Waals surface area (Å²) in [6, 6.07) is 0. The van der Waals surface area contributed by atoms with E-state index in [1.165, 1.54) is 38.5 Å². The number of rotatable bonds is 6. The first-order chi connectivity index (χ1) is 7.69. The Morgan fingerprint density at radius 1 is 1.31 bits per heavy atom. The van der Waals surface area contributed by atoms with Gasteiger partial charge in [0.05, 0.1) is 0 Å². The van der Waals surface area contributed by atoms with Crippen LogP contribution in [0.1, 0.15) is 52.4 Å². The summed E-state index contributed by atoms with van der Waals surface area (Å²) in [6.07, 6.45) is 10.0. The Balaban J connectivity index is 2.43. The zero-order valence-corrected chi connectivity index (χ0v) is 11.1. The molecule has 94 valence electrons. The van der Waals surface area contributed by atoms with Gasteiger partial charge < -0.3 is 5.73 Å². The highest BCUT2D eigenvalue weighted by molar-refractivity contribution is 4.82. The molecule has 1 fully saturated rings. The van der Waals surface area contributed by atoms with E-state index in [9.17, 15) is 0 Å². The van der Waals surface area contributed by atoms with Gasteiger partial charge in [0.2, 0.25) is 0 Å². The number of unbranched alkanes of at least 4 members (excludes halogenated alkanes) is 1. The Kier molecular flexibility index (Phi) is 6.12. The van der Waals surface area contributed by atoms with E-state index < -0.39 is 0 Å². The Hall–Kier alpha value is -0.300. The van der Waals surface area contributed by atoms with Gasteiger partial charge in [0.25, 0.3) is 0 Å². The van der Waals surface area contributed by atoms with Gasteiger partial charge in [-0.3, -0.25) is 0 Å². The van der Waals surface area contributed by atoms with Crippen molar-refractivity contribution in [3.8, 4) is 0 Å². The first-order valence-electron chi connectivity index (χ1n) is 7.00. The number of allylic oxidation sites excluding steroid dienone is 1.